The van der Waals surface area contributed by atoms with Crippen LogP contribution in [0.4, 0.5) is 17.3 Å². The lowest BCUT2D eigenvalue weighted by atomic mass is 9.71. The zero-order valence-corrected chi connectivity index (χ0v) is 23.7. The van der Waals surface area contributed by atoms with Crippen molar-refractivity contribution in [1.82, 2.24) is 25.0 Å². The molecule has 4 aromatic rings. The van der Waals surface area contributed by atoms with Gasteiger partial charge in [-0.15, -0.1) is 0 Å². The lowest BCUT2D eigenvalue weighted by Gasteiger charge is -2.46. The SMILES string of the molecule is CC1(C)OB(O)c2ccc(Nc3cc(N[C@H](CO)c4ccccc4)c(-c4nc(C56CCN(CC5)CC6)no4)cn3)nc21. The van der Waals surface area contributed by atoms with Gasteiger partial charge in [-0.1, -0.05) is 41.6 Å². The maximum atomic E-state index is 10.3. The summed E-state index contributed by atoms with van der Waals surface area (Å²) in [6.45, 7) is 6.82. The van der Waals surface area contributed by atoms with Crippen LogP contribution in [0.25, 0.3) is 11.5 Å². The van der Waals surface area contributed by atoms with Crippen molar-refractivity contribution < 1.29 is 19.3 Å². The van der Waals surface area contributed by atoms with E-state index in [1.807, 2.05) is 56.3 Å². The Labute approximate surface area is 244 Å². The third-order valence-corrected chi connectivity index (χ3v) is 8.89. The predicted octanol–water partition coefficient (Wildman–Crippen LogP) is 3.11. The molecule has 4 N–H and O–H groups in total. The fourth-order valence-corrected chi connectivity index (χ4v) is 6.38. The number of fused-ring (bicyclic) bond motifs is 4. The Morgan fingerprint density at radius 1 is 1.02 bits per heavy atom. The molecule has 12 heteroatoms. The molecule has 0 aliphatic carbocycles. The van der Waals surface area contributed by atoms with Crippen LogP contribution in [0.3, 0.4) is 0 Å². The number of nitrogens with one attached hydrogen (secondary N) is 2. The Hall–Kier alpha value is -3.84. The second-order valence-corrected chi connectivity index (χ2v) is 11.9. The number of aliphatic hydroxyl groups excluding tert-OH is 1. The Kier molecular flexibility index (Phi) is 6.73. The third-order valence-electron chi connectivity index (χ3n) is 8.89. The first kappa shape index (κ1) is 27.0. The fourth-order valence-electron chi connectivity index (χ4n) is 6.38. The van der Waals surface area contributed by atoms with Gasteiger partial charge >= 0.3 is 7.12 Å². The van der Waals surface area contributed by atoms with Gasteiger partial charge in [0.15, 0.2) is 5.82 Å². The van der Waals surface area contributed by atoms with E-state index in [0.29, 0.717) is 39.9 Å². The number of nitrogens with zero attached hydrogens (tertiary/aromatic N) is 5. The standard InChI is InChI=1S/C30H34BN7O4/c1-29(2)26-21(31(40)42-29)8-9-24(35-26)34-25-16-22(33-23(18-39)19-6-4-3-5-7-19)20(17-32-25)27-36-28(37-41-27)30-10-13-38(14-11-30)15-12-30/h3-9,16-17,23,39-40H,10-15,18H2,1-2H3,(H2,32,33,34,35)/t23-/m1/s1. The number of aromatic nitrogens is 4. The summed E-state index contributed by atoms with van der Waals surface area (Å²) in [5.41, 5.74) is 2.84. The van der Waals surface area contributed by atoms with Crippen LogP contribution in [0.5, 0.6) is 0 Å². The van der Waals surface area contributed by atoms with Gasteiger partial charge in [0.05, 0.1) is 35.2 Å². The van der Waals surface area contributed by atoms with E-state index < -0.39 is 12.7 Å². The van der Waals surface area contributed by atoms with Gasteiger partial charge < -0.3 is 34.8 Å². The van der Waals surface area contributed by atoms with Crippen molar-refractivity contribution in [3.05, 3.63) is 71.8 Å². The summed E-state index contributed by atoms with van der Waals surface area (Å²) in [7, 11) is -1.00. The molecule has 1 aromatic carbocycles. The number of pyridine rings is 2. The lowest BCUT2D eigenvalue weighted by molar-refractivity contribution is 0.0747. The largest absolute Gasteiger partial charge is 0.493 e. The van der Waals surface area contributed by atoms with E-state index in [0.717, 1.165) is 50.3 Å². The van der Waals surface area contributed by atoms with Crippen LogP contribution in [0.1, 0.15) is 56.2 Å². The molecule has 0 saturated carbocycles. The molecule has 42 heavy (non-hydrogen) atoms. The molecular weight excluding hydrogens is 533 g/mol. The summed E-state index contributed by atoms with van der Waals surface area (Å²) in [4.78, 5) is 16.8. The topological polar surface area (TPSA) is 142 Å². The van der Waals surface area contributed by atoms with Crippen LogP contribution in [-0.4, -0.2) is 68.5 Å². The van der Waals surface area contributed by atoms with Gasteiger partial charge in [-0.3, -0.25) is 0 Å². The van der Waals surface area contributed by atoms with Crippen LogP contribution in [-0.2, 0) is 15.7 Å². The van der Waals surface area contributed by atoms with Crippen molar-refractivity contribution in [3.8, 4) is 11.5 Å². The molecule has 0 radical (unpaired) electrons. The molecular formula is C30H34BN7O4. The van der Waals surface area contributed by atoms with Gasteiger partial charge in [-0.2, -0.15) is 4.98 Å². The van der Waals surface area contributed by atoms with Crippen molar-refractivity contribution in [1.29, 1.82) is 0 Å². The molecule has 0 spiro atoms. The summed E-state index contributed by atoms with van der Waals surface area (Å²) in [5.74, 6) is 2.26. The Balaban J connectivity index is 1.23. The highest BCUT2D eigenvalue weighted by Gasteiger charge is 2.44. The molecule has 11 nitrogen and oxygen atoms in total. The van der Waals surface area contributed by atoms with Crippen LogP contribution >= 0.6 is 0 Å². The van der Waals surface area contributed by atoms with Gasteiger partial charge in [0.25, 0.3) is 5.89 Å². The minimum absolute atomic E-state index is 0.0407. The summed E-state index contributed by atoms with van der Waals surface area (Å²) in [5, 5.41) is 31.8. The Morgan fingerprint density at radius 3 is 2.52 bits per heavy atom. The van der Waals surface area contributed by atoms with E-state index in [2.05, 4.69) is 25.7 Å². The van der Waals surface area contributed by atoms with E-state index in [4.69, 9.17) is 19.1 Å². The van der Waals surface area contributed by atoms with E-state index in [1.165, 1.54) is 0 Å². The Bertz CT molecular complexity index is 1580. The zero-order chi connectivity index (χ0) is 28.9. The second-order valence-electron chi connectivity index (χ2n) is 11.9. The van der Waals surface area contributed by atoms with Crippen molar-refractivity contribution >= 4 is 29.9 Å². The number of anilines is 3. The molecule has 0 amide bonds. The quantitative estimate of drug-likeness (QED) is 0.233. The molecule has 3 fully saturated rings. The molecule has 3 aromatic heterocycles. The molecule has 3 saturated heterocycles. The first-order valence-corrected chi connectivity index (χ1v) is 14.5. The van der Waals surface area contributed by atoms with Gasteiger partial charge in [0.2, 0.25) is 0 Å². The fraction of sp³-hybridized carbons (Fsp3) is 0.400. The minimum Gasteiger partial charge on any atom is -0.423 e. The number of hydrogen-bond donors (Lipinski definition) is 4. The molecule has 2 bridgehead atoms. The number of rotatable bonds is 8. The lowest BCUT2D eigenvalue weighted by Crippen LogP contribution is -2.51. The average molecular weight is 567 g/mol. The molecule has 4 aliphatic rings. The first-order chi connectivity index (χ1) is 20.3. The molecule has 216 valence electrons. The van der Waals surface area contributed by atoms with E-state index in [1.54, 1.807) is 12.3 Å². The zero-order valence-electron chi connectivity index (χ0n) is 23.7. The highest BCUT2D eigenvalue weighted by molar-refractivity contribution is 6.61. The maximum absolute atomic E-state index is 10.3. The first-order valence-electron chi connectivity index (χ1n) is 14.5. The Morgan fingerprint density at radius 2 is 1.79 bits per heavy atom. The van der Waals surface area contributed by atoms with Gasteiger partial charge in [-0.25, -0.2) is 9.97 Å². The predicted molar refractivity (Wildman–Crippen MR) is 159 cm³/mol. The summed E-state index contributed by atoms with van der Waals surface area (Å²) < 4.78 is 11.5. The number of benzene rings is 1. The van der Waals surface area contributed by atoms with Crippen molar-refractivity contribution in [2.75, 3.05) is 36.9 Å². The molecule has 7 heterocycles. The van der Waals surface area contributed by atoms with Crippen molar-refractivity contribution in [2.45, 2.75) is 50.2 Å². The summed E-state index contributed by atoms with van der Waals surface area (Å²) >= 11 is 0. The van der Waals surface area contributed by atoms with E-state index >= 15 is 0 Å². The smallest absolute Gasteiger partial charge is 0.423 e. The van der Waals surface area contributed by atoms with Crippen LogP contribution in [0.15, 0.2) is 59.3 Å². The van der Waals surface area contributed by atoms with Gasteiger partial charge in [0, 0.05) is 23.1 Å². The monoisotopic (exact) mass is 567 g/mol. The molecule has 4 aliphatic heterocycles. The molecule has 8 rings (SSSR count). The average Bonchev–Trinajstić information content (AvgIpc) is 3.60. The van der Waals surface area contributed by atoms with Gasteiger partial charge in [-0.05, 0) is 64.4 Å². The normalized spacial score (nSPS) is 23.0. The van der Waals surface area contributed by atoms with E-state index in [9.17, 15) is 10.1 Å². The van der Waals surface area contributed by atoms with Crippen molar-refractivity contribution in [2.24, 2.45) is 0 Å². The third kappa shape index (κ3) is 4.84. The minimum atomic E-state index is -1.00. The highest BCUT2D eigenvalue weighted by atomic mass is 16.5. The van der Waals surface area contributed by atoms with Crippen LogP contribution in [0, 0.1) is 0 Å². The summed E-state index contributed by atoms with van der Waals surface area (Å²) in [6.07, 6.45) is 4.80. The number of hydrogen-bond acceptors (Lipinski definition) is 11. The molecule has 1 atom stereocenters. The maximum Gasteiger partial charge on any atom is 0.493 e. The number of piperidine rings is 3. The van der Waals surface area contributed by atoms with E-state index in [-0.39, 0.29) is 18.1 Å². The van der Waals surface area contributed by atoms with Crippen LogP contribution in [0.2, 0.25) is 0 Å². The van der Waals surface area contributed by atoms with Gasteiger partial charge in [0.1, 0.15) is 11.6 Å². The van der Waals surface area contributed by atoms with Crippen molar-refractivity contribution in [3.63, 3.8) is 0 Å². The second kappa shape index (κ2) is 10.5. The molecule has 0 unspecified atom stereocenters. The number of aliphatic hydroxyl groups is 1. The highest BCUT2D eigenvalue weighted by Crippen LogP contribution is 2.42. The van der Waals surface area contributed by atoms with Crippen LogP contribution < -0.4 is 16.1 Å². The summed E-state index contributed by atoms with van der Waals surface area (Å²) in [6, 6.07) is 14.9.